The first-order chi connectivity index (χ1) is 13.5. The molecule has 2 atom stereocenters. The van der Waals surface area contributed by atoms with Crippen LogP contribution < -0.4 is 11.1 Å². The van der Waals surface area contributed by atoms with Crippen molar-refractivity contribution in [3.8, 4) is 5.69 Å². The average Bonchev–Trinajstić information content (AvgIpc) is 3.39. The van der Waals surface area contributed by atoms with E-state index >= 15 is 0 Å². The molecular formula is C19H22N6O2S. The molecule has 2 heterocycles. The van der Waals surface area contributed by atoms with E-state index in [1.807, 2.05) is 48.7 Å². The van der Waals surface area contributed by atoms with Gasteiger partial charge in [-0.2, -0.15) is 5.10 Å². The van der Waals surface area contributed by atoms with Gasteiger partial charge in [0.15, 0.2) is 0 Å². The number of thiophene rings is 1. The highest BCUT2D eigenvalue weighted by molar-refractivity contribution is 7.10. The Morgan fingerprint density at radius 1 is 1.29 bits per heavy atom. The Balaban J connectivity index is 1.68. The second-order valence-electron chi connectivity index (χ2n) is 6.39. The summed E-state index contributed by atoms with van der Waals surface area (Å²) in [6.07, 6.45) is 3.25. The minimum absolute atomic E-state index is 0.0833. The van der Waals surface area contributed by atoms with Gasteiger partial charge in [0, 0.05) is 11.9 Å². The molecule has 146 valence electrons. The Labute approximate surface area is 167 Å². The Morgan fingerprint density at radius 2 is 2.04 bits per heavy atom. The highest BCUT2D eigenvalue weighted by Gasteiger charge is 2.23. The van der Waals surface area contributed by atoms with Crippen LogP contribution in [0.2, 0.25) is 0 Å². The standard InChI is InChI=1S/C19H22N6O2S/c1-13(14-5-7-15(8-6-14)25-12-21-11-22-25)24(2)18(26)10-16(23-19(20)27)17-4-3-9-28-17/h3-9,11-13,16H,10H2,1-2H3,(H3,20,23,27). The van der Waals surface area contributed by atoms with Crippen LogP contribution in [0, 0.1) is 0 Å². The van der Waals surface area contributed by atoms with Crippen molar-refractivity contribution < 1.29 is 9.59 Å². The van der Waals surface area contributed by atoms with Crippen LogP contribution in [0.4, 0.5) is 4.79 Å². The lowest BCUT2D eigenvalue weighted by Crippen LogP contribution is -2.37. The molecule has 0 aliphatic rings. The van der Waals surface area contributed by atoms with Crippen molar-refractivity contribution in [3.05, 3.63) is 64.9 Å². The number of urea groups is 1. The van der Waals surface area contributed by atoms with E-state index in [1.165, 1.54) is 17.7 Å². The molecule has 2 aromatic heterocycles. The van der Waals surface area contributed by atoms with Gasteiger partial charge in [0.2, 0.25) is 5.91 Å². The summed E-state index contributed by atoms with van der Waals surface area (Å²) in [5.41, 5.74) is 7.16. The van der Waals surface area contributed by atoms with Crippen LogP contribution in [0.25, 0.3) is 5.69 Å². The van der Waals surface area contributed by atoms with Gasteiger partial charge in [-0.05, 0) is 36.1 Å². The molecule has 3 amide bonds. The van der Waals surface area contributed by atoms with Crippen molar-refractivity contribution >= 4 is 23.3 Å². The fourth-order valence-corrected chi connectivity index (χ4v) is 3.67. The Morgan fingerprint density at radius 3 is 2.61 bits per heavy atom. The molecule has 8 nitrogen and oxygen atoms in total. The average molecular weight is 398 g/mol. The van der Waals surface area contributed by atoms with Gasteiger partial charge in [-0.25, -0.2) is 14.5 Å². The number of nitrogens with zero attached hydrogens (tertiary/aromatic N) is 4. The molecule has 3 rings (SSSR count). The van der Waals surface area contributed by atoms with Gasteiger partial charge in [0.25, 0.3) is 0 Å². The predicted molar refractivity (Wildman–Crippen MR) is 107 cm³/mol. The van der Waals surface area contributed by atoms with E-state index in [4.69, 9.17) is 5.73 Å². The highest BCUT2D eigenvalue weighted by Crippen LogP contribution is 2.26. The second-order valence-corrected chi connectivity index (χ2v) is 7.37. The van der Waals surface area contributed by atoms with Crippen molar-refractivity contribution in [2.24, 2.45) is 5.73 Å². The van der Waals surface area contributed by atoms with Gasteiger partial charge in [-0.3, -0.25) is 4.79 Å². The third-order valence-corrected chi connectivity index (χ3v) is 5.60. The lowest BCUT2D eigenvalue weighted by atomic mass is 10.1. The van der Waals surface area contributed by atoms with Crippen molar-refractivity contribution in [1.29, 1.82) is 0 Å². The summed E-state index contributed by atoms with van der Waals surface area (Å²) < 4.78 is 1.67. The highest BCUT2D eigenvalue weighted by atomic mass is 32.1. The van der Waals surface area contributed by atoms with Gasteiger partial charge < -0.3 is 16.0 Å². The number of rotatable bonds is 7. The number of aromatic nitrogens is 3. The molecule has 0 saturated carbocycles. The van der Waals surface area contributed by atoms with E-state index in [2.05, 4.69) is 15.4 Å². The lowest BCUT2D eigenvalue weighted by molar-refractivity contribution is -0.132. The van der Waals surface area contributed by atoms with Crippen molar-refractivity contribution in [3.63, 3.8) is 0 Å². The number of amides is 3. The van der Waals surface area contributed by atoms with Crippen LogP contribution in [0.1, 0.15) is 35.9 Å². The van der Waals surface area contributed by atoms with Crippen LogP contribution in [-0.4, -0.2) is 38.7 Å². The summed E-state index contributed by atoms with van der Waals surface area (Å²) in [6.45, 7) is 1.96. The SMILES string of the molecule is CC(c1ccc(-n2cncn2)cc1)N(C)C(=O)CC(NC(N)=O)c1cccs1. The smallest absolute Gasteiger partial charge is 0.312 e. The fraction of sp³-hybridized carbons (Fsp3) is 0.263. The second kappa shape index (κ2) is 8.66. The van der Waals surface area contributed by atoms with Crippen molar-refractivity contribution in [2.75, 3.05) is 7.05 Å². The molecule has 0 aliphatic carbocycles. The molecule has 0 bridgehead atoms. The molecule has 0 fully saturated rings. The van der Waals surface area contributed by atoms with Gasteiger partial charge in [-0.15, -0.1) is 11.3 Å². The van der Waals surface area contributed by atoms with Crippen LogP contribution in [0.15, 0.2) is 54.4 Å². The van der Waals surface area contributed by atoms with Gasteiger partial charge >= 0.3 is 6.03 Å². The van der Waals surface area contributed by atoms with E-state index < -0.39 is 12.1 Å². The first kappa shape index (κ1) is 19.6. The Hall–Kier alpha value is -3.20. The molecule has 9 heteroatoms. The summed E-state index contributed by atoms with van der Waals surface area (Å²) >= 11 is 1.48. The lowest BCUT2D eigenvalue weighted by Gasteiger charge is -2.27. The normalized spacial score (nSPS) is 12.9. The number of carbonyl (C=O) groups excluding carboxylic acids is 2. The number of nitrogens with two attached hydrogens (primary N) is 1. The molecule has 0 radical (unpaired) electrons. The molecule has 0 spiro atoms. The summed E-state index contributed by atoms with van der Waals surface area (Å²) in [5, 5.41) is 8.66. The first-order valence-corrected chi connectivity index (χ1v) is 9.63. The summed E-state index contributed by atoms with van der Waals surface area (Å²) in [4.78, 5) is 30.6. The minimum Gasteiger partial charge on any atom is -0.352 e. The third-order valence-electron chi connectivity index (χ3n) is 4.61. The maximum absolute atomic E-state index is 12.8. The molecule has 0 saturated heterocycles. The van der Waals surface area contributed by atoms with Gasteiger partial charge in [0.05, 0.1) is 24.2 Å². The maximum Gasteiger partial charge on any atom is 0.312 e. The van der Waals surface area contributed by atoms with Crippen LogP contribution in [0.5, 0.6) is 0 Å². The number of benzene rings is 1. The maximum atomic E-state index is 12.8. The van der Waals surface area contributed by atoms with Crippen LogP contribution in [0.3, 0.4) is 0 Å². The minimum atomic E-state index is -0.648. The molecule has 1 aromatic carbocycles. The number of hydrogen-bond acceptors (Lipinski definition) is 5. The summed E-state index contributed by atoms with van der Waals surface area (Å²) in [7, 11) is 1.76. The summed E-state index contributed by atoms with van der Waals surface area (Å²) in [6, 6.07) is 10.3. The van der Waals surface area contributed by atoms with Crippen molar-refractivity contribution in [1.82, 2.24) is 25.0 Å². The largest absolute Gasteiger partial charge is 0.352 e. The Kier molecular flexibility index (Phi) is 6.05. The van der Waals surface area contributed by atoms with E-state index in [0.29, 0.717) is 0 Å². The zero-order valence-corrected chi connectivity index (χ0v) is 16.5. The predicted octanol–water partition coefficient (Wildman–Crippen LogP) is 2.65. The van der Waals surface area contributed by atoms with E-state index in [0.717, 1.165) is 16.1 Å². The monoisotopic (exact) mass is 398 g/mol. The van der Waals surface area contributed by atoms with Gasteiger partial charge in [0.1, 0.15) is 12.7 Å². The molecule has 3 aromatic rings. The number of hydrogen-bond donors (Lipinski definition) is 2. The number of carbonyl (C=O) groups is 2. The zero-order chi connectivity index (χ0) is 20.1. The molecule has 2 unspecified atom stereocenters. The number of nitrogens with one attached hydrogen (secondary N) is 1. The number of primary amides is 1. The van der Waals surface area contributed by atoms with Gasteiger partial charge in [-0.1, -0.05) is 18.2 Å². The van der Waals surface area contributed by atoms with E-state index in [9.17, 15) is 9.59 Å². The van der Waals surface area contributed by atoms with Crippen LogP contribution >= 0.6 is 11.3 Å². The van der Waals surface area contributed by atoms with E-state index in [1.54, 1.807) is 23.0 Å². The molecule has 0 aliphatic heterocycles. The Bertz CT molecular complexity index is 909. The molecular weight excluding hydrogens is 376 g/mol. The van der Waals surface area contributed by atoms with Crippen molar-refractivity contribution in [2.45, 2.75) is 25.4 Å². The van der Waals surface area contributed by atoms with E-state index in [-0.39, 0.29) is 18.4 Å². The zero-order valence-electron chi connectivity index (χ0n) is 15.6. The fourth-order valence-electron chi connectivity index (χ4n) is 2.89. The molecule has 28 heavy (non-hydrogen) atoms. The molecule has 3 N–H and O–H groups in total. The quantitative estimate of drug-likeness (QED) is 0.638. The van der Waals surface area contributed by atoms with Crippen LogP contribution in [-0.2, 0) is 4.79 Å². The topological polar surface area (TPSA) is 106 Å². The third kappa shape index (κ3) is 4.55. The summed E-state index contributed by atoms with van der Waals surface area (Å²) in [5.74, 6) is -0.0833. The first-order valence-electron chi connectivity index (χ1n) is 8.75.